The maximum atomic E-state index is 12.0. The zero-order valence-electron chi connectivity index (χ0n) is 14.1. The van der Waals surface area contributed by atoms with Crippen LogP contribution in [0.1, 0.15) is 21.7 Å². The van der Waals surface area contributed by atoms with Gasteiger partial charge in [0.15, 0.2) is 5.82 Å². The fourth-order valence-corrected chi connectivity index (χ4v) is 2.54. The Morgan fingerprint density at radius 2 is 1.84 bits per heavy atom. The zero-order chi connectivity index (χ0) is 17.8. The third-order valence-electron chi connectivity index (χ3n) is 3.72. The molecule has 2 heterocycles. The largest absolute Gasteiger partial charge is 0.350 e. The molecule has 0 saturated heterocycles. The van der Waals surface area contributed by atoms with Gasteiger partial charge in [-0.3, -0.25) is 9.59 Å². The lowest BCUT2D eigenvalue weighted by atomic mass is 10.2. The van der Waals surface area contributed by atoms with Crippen molar-refractivity contribution in [3.63, 3.8) is 0 Å². The molecule has 0 fully saturated rings. The van der Waals surface area contributed by atoms with Crippen LogP contribution in [0.5, 0.6) is 0 Å². The third-order valence-corrected chi connectivity index (χ3v) is 3.72. The molecule has 0 radical (unpaired) electrons. The van der Waals surface area contributed by atoms with Crippen LogP contribution in [0.15, 0.2) is 53.3 Å². The monoisotopic (exact) mass is 337 g/mol. The molecule has 25 heavy (non-hydrogen) atoms. The number of amides is 1. The summed E-state index contributed by atoms with van der Waals surface area (Å²) in [6, 6.07) is 14.0. The van der Waals surface area contributed by atoms with Crippen molar-refractivity contribution in [3.8, 4) is 5.82 Å². The Balaban J connectivity index is 1.70. The Morgan fingerprint density at radius 1 is 1.08 bits per heavy atom. The first-order chi connectivity index (χ1) is 12.0. The number of nitrogens with one attached hydrogen (secondary N) is 1. The number of hydrogen-bond acceptors (Lipinski definition) is 4. The van der Waals surface area contributed by atoms with Crippen molar-refractivity contribution in [1.29, 1.82) is 0 Å². The van der Waals surface area contributed by atoms with E-state index in [4.69, 9.17) is 0 Å². The van der Waals surface area contributed by atoms with E-state index >= 15 is 0 Å². The Morgan fingerprint density at radius 3 is 2.52 bits per heavy atom. The van der Waals surface area contributed by atoms with Crippen molar-refractivity contribution >= 4 is 5.91 Å². The molecule has 2 aromatic heterocycles. The molecule has 0 unspecified atom stereocenters. The molecule has 0 atom stereocenters. The summed E-state index contributed by atoms with van der Waals surface area (Å²) in [5.41, 5.74) is 2.18. The zero-order valence-corrected chi connectivity index (χ0v) is 14.1. The van der Waals surface area contributed by atoms with Crippen LogP contribution in [-0.2, 0) is 6.54 Å². The van der Waals surface area contributed by atoms with Crippen molar-refractivity contribution in [1.82, 2.24) is 24.9 Å². The van der Waals surface area contributed by atoms with Crippen molar-refractivity contribution in [2.24, 2.45) is 0 Å². The molecule has 128 valence electrons. The predicted octanol–water partition coefficient (Wildman–Crippen LogP) is 1.48. The number of benzene rings is 1. The van der Waals surface area contributed by atoms with E-state index in [0.717, 1.165) is 11.4 Å². The summed E-state index contributed by atoms with van der Waals surface area (Å²) in [5, 5.41) is 11.5. The number of aryl methyl sites for hydroxylation is 2. The SMILES string of the molecule is Cc1cc(C)n(-c2ccc(=O)n(CCNC(=O)c3ccccc3)n2)n1. The van der Waals surface area contributed by atoms with Crippen molar-refractivity contribution < 1.29 is 4.79 Å². The van der Waals surface area contributed by atoms with Crippen LogP contribution in [0.2, 0.25) is 0 Å². The molecular formula is C18H19N5O2. The van der Waals surface area contributed by atoms with E-state index in [1.54, 1.807) is 35.0 Å². The normalized spacial score (nSPS) is 10.6. The third kappa shape index (κ3) is 3.82. The molecule has 7 nitrogen and oxygen atoms in total. The van der Waals surface area contributed by atoms with E-state index in [0.29, 0.717) is 17.9 Å². The second kappa shape index (κ2) is 7.12. The van der Waals surface area contributed by atoms with Gasteiger partial charge in [-0.15, -0.1) is 5.10 Å². The highest BCUT2D eigenvalue weighted by molar-refractivity contribution is 5.94. The van der Waals surface area contributed by atoms with Gasteiger partial charge in [-0.2, -0.15) is 5.10 Å². The highest BCUT2D eigenvalue weighted by Gasteiger charge is 2.08. The predicted molar refractivity (Wildman–Crippen MR) is 93.9 cm³/mol. The molecule has 0 saturated carbocycles. The maximum absolute atomic E-state index is 12.0. The number of carbonyl (C=O) groups excluding carboxylic acids is 1. The summed E-state index contributed by atoms with van der Waals surface area (Å²) in [5.74, 6) is 0.392. The van der Waals surface area contributed by atoms with Gasteiger partial charge in [0, 0.05) is 23.9 Å². The van der Waals surface area contributed by atoms with Gasteiger partial charge < -0.3 is 5.32 Å². The van der Waals surface area contributed by atoms with Crippen LogP contribution in [0.3, 0.4) is 0 Å². The van der Waals surface area contributed by atoms with E-state index in [1.165, 1.54) is 10.7 Å². The minimum absolute atomic E-state index is 0.177. The second-order valence-corrected chi connectivity index (χ2v) is 5.71. The lowest BCUT2D eigenvalue weighted by Gasteiger charge is -2.09. The quantitative estimate of drug-likeness (QED) is 0.764. The molecule has 0 bridgehead atoms. The molecule has 0 aliphatic rings. The molecule has 3 aromatic rings. The highest BCUT2D eigenvalue weighted by atomic mass is 16.2. The van der Waals surface area contributed by atoms with E-state index in [-0.39, 0.29) is 18.0 Å². The van der Waals surface area contributed by atoms with E-state index in [1.807, 2.05) is 26.0 Å². The van der Waals surface area contributed by atoms with E-state index in [2.05, 4.69) is 15.5 Å². The summed E-state index contributed by atoms with van der Waals surface area (Å²) in [6.45, 7) is 4.42. The van der Waals surface area contributed by atoms with Gasteiger partial charge in [-0.1, -0.05) is 18.2 Å². The van der Waals surface area contributed by atoms with Gasteiger partial charge in [0.1, 0.15) is 0 Å². The summed E-state index contributed by atoms with van der Waals surface area (Å²) in [6.07, 6.45) is 0. The maximum Gasteiger partial charge on any atom is 0.266 e. The van der Waals surface area contributed by atoms with Crippen LogP contribution in [-0.4, -0.2) is 32.0 Å². The Bertz CT molecular complexity index is 944. The highest BCUT2D eigenvalue weighted by Crippen LogP contribution is 2.07. The van der Waals surface area contributed by atoms with Crippen LogP contribution in [0.4, 0.5) is 0 Å². The summed E-state index contributed by atoms with van der Waals surface area (Å²) < 4.78 is 3.02. The molecule has 3 rings (SSSR count). The number of hydrogen-bond donors (Lipinski definition) is 1. The fraction of sp³-hybridized carbons (Fsp3) is 0.222. The van der Waals surface area contributed by atoms with Gasteiger partial charge in [0.05, 0.1) is 12.2 Å². The Labute approximate surface area is 144 Å². The van der Waals surface area contributed by atoms with Gasteiger partial charge in [0.2, 0.25) is 0 Å². The molecule has 1 amide bonds. The van der Waals surface area contributed by atoms with Crippen molar-refractivity contribution in [3.05, 3.63) is 75.8 Å². The number of carbonyl (C=O) groups is 1. The second-order valence-electron chi connectivity index (χ2n) is 5.71. The lowest BCUT2D eigenvalue weighted by molar-refractivity contribution is 0.0951. The lowest BCUT2D eigenvalue weighted by Crippen LogP contribution is -2.32. The van der Waals surface area contributed by atoms with E-state index < -0.39 is 0 Å². The van der Waals surface area contributed by atoms with E-state index in [9.17, 15) is 9.59 Å². The summed E-state index contributed by atoms with van der Waals surface area (Å²) >= 11 is 0. The number of nitrogens with zero attached hydrogens (tertiary/aromatic N) is 4. The number of aromatic nitrogens is 4. The first kappa shape index (κ1) is 16.6. The molecular weight excluding hydrogens is 318 g/mol. The first-order valence-corrected chi connectivity index (χ1v) is 7.99. The first-order valence-electron chi connectivity index (χ1n) is 7.99. The van der Waals surface area contributed by atoms with Crippen LogP contribution in [0.25, 0.3) is 5.82 Å². The minimum atomic E-state index is -0.223. The van der Waals surface area contributed by atoms with Crippen LogP contribution >= 0.6 is 0 Å². The topological polar surface area (TPSA) is 81.8 Å². The smallest absolute Gasteiger partial charge is 0.266 e. The Hall–Kier alpha value is -3.22. The molecule has 0 aliphatic heterocycles. The summed E-state index contributed by atoms with van der Waals surface area (Å²) in [4.78, 5) is 24.0. The average Bonchev–Trinajstić information content (AvgIpc) is 2.95. The molecule has 7 heteroatoms. The van der Waals surface area contributed by atoms with Gasteiger partial charge in [0.25, 0.3) is 11.5 Å². The average molecular weight is 337 g/mol. The van der Waals surface area contributed by atoms with Crippen molar-refractivity contribution in [2.45, 2.75) is 20.4 Å². The van der Waals surface area contributed by atoms with Crippen LogP contribution < -0.4 is 10.9 Å². The molecule has 1 aromatic carbocycles. The Kier molecular flexibility index (Phi) is 4.74. The molecule has 1 N–H and O–H groups in total. The van der Waals surface area contributed by atoms with Gasteiger partial charge >= 0.3 is 0 Å². The number of rotatable bonds is 5. The van der Waals surface area contributed by atoms with Crippen molar-refractivity contribution in [2.75, 3.05) is 6.54 Å². The fourth-order valence-electron chi connectivity index (χ4n) is 2.54. The van der Waals surface area contributed by atoms with Gasteiger partial charge in [-0.25, -0.2) is 9.36 Å². The minimum Gasteiger partial charge on any atom is -0.350 e. The molecule has 0 aliphatic carbocycles. The van der Waals surface area contributed by atoms with Gasteiger partial charge in [-0.05, 0) is 38.1 Å². The standard InChI is InChI=1S/C18H19N5O2/c1-13-12-14(2)23(20-13)16-8-9-17(24)22(21-16)11-10-19-18(25)15-6-4-3-5-7-15/h3-9,12H,10-11H2,1-2H3,(H,19,25). The van der Waals surface area contributed by atoms with Crippen LogP contribution in [0, 0.1) is 13.8 Å². The summed E-state index contributed by atoms with van der Waals surface area (Å²) in [7, 11) is 0. The molecule has 0 spiro atoms.